The Labute approximate surface area is 79.4 Å². The lowest BCUT2D eigenvalue weighted by Crippen LogP contribution is -2.22. The van der Waals surface area contributed by atoms with Gasteiger partial charge in [0.1, 0.15) is 0 Å². The number of rotatable bonds is 2. The standard InChI is InChI=1S/C7H14N2.BrH.H3N/c1-3-4-9-6-5-8(2)7-9;;/h5-6H,3-4,7H2,1-2H3;1H;1H3. The summed E-state index contributed by atoms with van der Waals surface area (Å²) < 4.78 is 0. The van der Waals surface area contributed by atoms with Gasteiger partial charge in [0.15, 0.2) is 0 Å². The quantitative estimate of drug-likeness (QED) is 0.777. The molecule has 0 fully saturated rings. The Morgan fingerprint density at radius 3 is 2.36 bits per heavy atom. The van der Waals surface area contributed by atoms with E-state index >= 15 is 0 Å². The predicted octanol–water partition coefficient (Wildman–Crippen LogP) is 1.81. The second kappa shape index (κ2) is 6.49. The average molecular weight is 224 g/mol. The van der Waals surface area contributed by atoms with Crippen molar-refractivity contribution in [2.24, 2.45) is 0 Å². The third-order valence-corrected chi connectivity index (χ3v) is 1.45. The third kappa shape index (κ3) is 4.27. The van der Waals surface area contributed by atoms with Crippen molar-refractivity contribution in [3.05, 3.63) is 12.4 Å². The minimum atomic E-state index is 0. The highest BCUT2D eigenvalue weighted by Gasteiger charge is 2.04. The fraction of sp³-hybridized carbons (Fsp3) is 0.714. The third-order valence-electron chi connectivity index (χ3n) is 1.45. The van der Waals surface area contributed by atoms with E-state index in [1.807, 2.05) is 0 Å². The minimum Gasteiger partial charge on any atom is -0.362 e. The van der Waals surface area contributed by atoms with Crippen LogP contribution in [0.2, 0.25) is 0 Å². The van der Waals surface area contributed by atoms with Gasteiger partial charge in [-0.25, -0.2) is 0 Å². The Hall–Kier alpha value is -0.220. The number of hydrogen-bond acceptors (Lipinski definition) is 3. The molecule has 11 heavy (non-hydrogen) atoms. The highest BCUT2D eigenvalue weighted by molar-refractivity contribution is 8.93. The first-order valence-electron chi connectivity index (χ1n) is 3.45. The summed E-state index contributed by atoms with van der Waals surface area (Å²) in [6, 6.07) is 0. The minimum absolute atomic E-state index is 0. The van der Waals surface area contributed by atoms with Gasteiger partial charge in [-0.05, 0) is 6.42 Å². The fourth-order valence-electron chi connectivity index (χ4n) is 1.02. The Morgan fingerprint density at radius 1 is 1.36 bits per heavy atom. The van der Waals surface area contributed by atoms with Crippen molar-refractivity contribution in [3.8, 4) is 0 Å². The van der Waals surface area contributed by atoms with Crippen LogP contribution in [0.4, 0.5) is 0 Å². The second-order valence-corrected chi connectivity index (χ2v) is 2.51. The second-order valence-electron chi connectivity index (χ2n) is 2.51. The van der Waals surface area contributed by atoms with Gasteiger partial charge in [0.25, 0.3) is 0 Å². The molecule has 1 aliphatic rings. The highest BCUT2D eigenvalue weighted by Crippen LogP contribution is 2.02. The summed E-state index contributed by atoms with van der Waals surface area (Å²) in [6.07, 6.45) is 5.48. The summed E-state index contributed by atoms with van der Waals surface area (Å²) in [5.74, 6) is 0. The molecule has 0 saturated heterocycles. The van der Waals surface area contributed by atoms with Crippen LogP contribution in [0.25, 0.3) is 0 Å². The van der Waals surface area contributed by atoms with E-state index in [1.165, 1.54) is 13.0 Å². The average Bonchev–Trinajstić information content (AvgIpc) is 2.17. The van der Waals surface area contributed by atoms with Crippen molar-refractivity contribution in [2.75, 3.05) is 20.3 Å². The van der Waals surface area contributed by atoms with Crippen molar-refractivity contribution in [1.29, 1.82) is 0 Å². The van der Waals surface area contributed by atoms with Crippen LogP contribution in [0.3, 0.4) is 0 Å². The summed E-state index contributed by atoms with van der Waals surface area (Å²) in [4.78, 5) is 4.48. The lowest BCUT2D eigenvalue weighted by molar-refractivity contribution is 0.297. The van der Waals surface area contributed by atoms with Gasteiger partial charge < -0.3 is 16.0 Å². The van der Waals surface area contributed by atoms with E-state index in [0.717, 1.165) is 6.67 Å². The molecule has 0 aromatic carbocycles. The molecule has 0 aliphatic carbocycles. The van der Waals surface area contributed by atoms with Crippen molar-refractivity contribution >= 4 is 17.0 Å². The van der Waals surface area contributed by atoms with Gasteiger partial charge in [0.2, 0.25) is 0 Å². The van der Waals surface area contributed by atoms with Gasteiger partial charge in [-0.2, -0.15) is 0 Å². The summed E-state index contributed by atoms with van der Waals surface area (Å²) in [5, 5.41) is 0. The number of nitrogens with zero attached hydrogens (tertiary/aromatic N) is 2. The van der Waals surface area contributed by atoms with Gasteiger partial charge in [-0.3, -0.25) is 0 Å². The largest absolute Gasteiger partial charge is 0.362 e. The van der Waals surface area contributed by atoms with Crippen molar-refractivity contribution in [3.63, 3.8) is 0 Å². The van der Waals surface area contributed by atoms with E-state index < -0.39 is 0 Å². The smallest absolute Gasteiger partial charge is 0.0890 e. The van der Waals surface area contributed by atoms with Gasteiger partial charge in [0.05, 0.1) is 6.67 Å². The molecule has 0 amide bonds. The van der Waals surface area contributed by atoms with Crippen LogP contribution in [0, 0.1) is 0 Å². The monoisotopic (exact) mass is 223 g/mol. The van der Waals surface area contributed by atoms with Crippen LogP contribution in [-0.4, -0.2) is 30.1 Å². The zero-order valence-electron chi connectivity index (χ0n) is 7.29. The number of halogens is 1. The summed E-state index contributed by atoms with van der Waals surface area (Å²) in [5.41, 5.74) is 0. The van der Waals surface area contributed by atoms with E-state index in [-0.39, 0.29) is 23.1 Å². The lowest BCUT2D eigenvalue weighted by Gasteiger charge is -2.16. The fourth-order valence-corrected chi connectivity index (χ4v) is 1.02. The van der Waals surface area contributed by atoms with Crippen LogP contribution in [0.1, 0.15) is 13.3 Å². The van der Waals surface area contributed by atoms with Crippen LogP contribution in [0.5, 0.6) is 0 Å². The molecular formula is C7H18BrN3. The normalized spacial score (nSPS) is 14.4. The number of hydrogen-bond donors (Lipinski definition) is 1. The Balaban J connectivity index is 0. The molecule has 1 heterocycles. The molecule has 68 valence electrons. The molecule has 0 bridgehead atoms. The van der Waals surface area contributed by atoms with E-state index in [1.54, 1.807) is 0 Å². The van der Waals surface area contributed by atoms with Gasteiger partial charge >= 0.3 is 0 Å². The maximum absolute atomic E-state index is 2.31. The van der Waals surface area contributed by atoms with Crippen molar-refractivity contribution in [2.45, 2.75) is 13.3 Å². The topological polar surface area (TPSA) is 41.5 Å². The molecule has 3 N–H and O–H groups in total. The lowest BCUT2D eigenvalue weighted by atomic mass is 10.4. The molecule has 1 aliphatic heterocycles. The van der Waals surface area contributed by atoms with Gasteiger partial charge in [0, 0.05) is 26.0 Å². The van der Waals surface area contributed by atoms with E-state index in [0.29, 0.717) is 0 Å². The molecule has 3 nitrogen and oxygen atoms in total. The zero-order valence-corrected chi connectivity index (χ0v) is 9.00. The Morgan fingerprint density at radius 2 is 2.00 bits per heavy atom. The molecule has 0 aromatic heterocycles. The summed E-state index contributed by atoms with van der Waals surface area (Å²) in [7, 11) is 2.09. The SMILES string of the molecule is Br.CCCN1C=CN(C)C1.N. The maximum Gasteiger partial charge on any atom is 0.0890 e. The van der Waals surface area contributed by atoms with Crippen LogP contribution in [0.15, 0.2) is 12.4 Å². The molecule has 0 atom stereocenters. The van der Waals surface area contributed by atoms with E-state index in [9.17, 15) is 0 Å². The zero-order chi connectivity index (χ0) is 6.69. The van der Waals surface area contributed by atoms with Crippen molar-refractivity contribution in [1.82, 2.24) is 16.0 Å². The van der Waals surface area contributed by atoms with Gasteiger partial charge in [-0.15, -0.1) is 17.0 Å². The molecule has 0 saturated carbocycles. The first kappa shape index (κ1) is 13.4. The molecule has 0 aromatic rings. The summed E-state index contributed by atoms with van der Waals surface area (Å²) >= 11 is 0. The summed E-state index contributed by atoms with van der Waals surface area (Å²) in [6.45, 7) is 4.45. The Kier molecular flexibility index (Phi) is 7.89. The first-order valence-corrected chi connectivity index (χ1v) is 3.45. The van der Waals surface area contributed by atoms with Crippen LogP contribution in [-0.2, 0) is 0 Å². The van der Waals surface area contributed by atoms with Gasteiger partial charge in [-0.1, -0.05) is 6.92 Å². The molecule has 0 unspecified atom stereocenters. The maximum atomic E-state index is 2.31. The first-order chi connectivity index (χ1) is 4.33. The van der Waals surface area contributed by atoms with Crippen molar-refractivity contribution < 1.29 is 0 Å². The van der Waals surface area contributed by atoms with Crippen LogP contribution >= 0.6 is 17.0 Å². The Bertz CT molecular complexity index is 116. The molecular weight excluding hydrogens is 206 g/mol. The predicted molar refractivity (Wildman–Crippen MR) is 54.1 cm³/mol. The van der Waals surface area contributed by atoms with E-state index in [4.69, 9.17) is 0 Å². The molecule has 1 rings (SSSR count). The molecule has 0 spiro atoms. The van der Waals surface area contributed by atoms with E-state index in [2.05, 4.69) is 36.2 Å². The molecule has 0 radical (unpaired) electrons. The molecule has 4 heteroatoms. The highest BCUT2D eigenvalue weighted by atomic mass is 79.9. The van der Waals surface area contributed by atoms with Crippen LogP contribution < -0.4 is 6.15 Å².